The summed E-state index contributed by atoms with van der Waals surface area (Å²) in [7, 11) is 0. The largest absolute Gasteiger partial charge is 0.458 e. The maximum absolute atomic E-state index is 11.8. The monoisotopic (exact) mass is 244 g/mol. The topological polar surface area (TPSA) is 62.1 Å². The zero-order valence-electron chi connectivity index (χ0n) is 10.5. The van der Waals surface area contributed by atoms with Gasteiger partial charge in [-0.3, -0.25) is 10.1 Å². The van der Waals surface area contributed by atoms with Gasteiger partial charge < -0.3 is 4.74 Å². The number of nitrogens with one attached hydrogen (secondary N) is 1. The van der Waals surface area contributed by atoms with Crippen LogP contribution < -0.4 is 5.32 Å². The Balaban J connectivity index is 2.14. The minimum atomic E-state index is -0.826. The van der Waals surface area contributed by atoms with Gasteiger partial charge in [0.25, 0.3) is 0 Å². The normalized spacial score (nSPS) is 31.5. The van der Waals surface area contributed by atoms with Gasteiger partial charge in [-0.1, -0.05) is 30.3 Å². The fraction of sp³-hybridized carbons (Fsp3) is 0.429. The first-order chi connectivity index (χ1) is 8.55. The Labute approximate surface area is 107 Å². The van der Waals surface area contributed by atoms with Gasteiger partial charge in [0.15, 0.2) is 0 Å². The summed E-state index contributed by atoms with van der Waals surface area (Å²) in [6, 6.07) is 11.4. The van der Waals surface area contributed by atoms with Crippen molar-refractivity contribution in [2.75, 3.05) is 0 Å². The molecule has 4 nitrogen and oxygen atoms in total. The van der Waals surface area contributed by atoms with E-state index in [0.717, 1.165) is 5.56 Å². The van der Waals surface area contributed by atoms with Crippen LogP contribution in [0.25, 0.3) is 0 Å². The van der Waals surface area contributed by atoms with Crippen LogP contribution >= 0.6 is 0 Å². The molecular formula is C14H16N2O2. The van der Waals surface area contributed by atoms with Crippen molar-refractivity contribution in [1.29, 1.82) is 5.26 Å². The summed E-state index contributed by atoms with van der Waals surface area (Å²) < 4.78 is 5.25. The molecule has 1 fully saturated rings. The van der Waals surface area contributed by atoms with Gasteiger partial charge in [-0.05, 0) is 25.8 Å². The van der Waals surface area contributed by atoms with E-state index in [9.17, 15) is 10.1 Å². The van der Waals surface area contributed by atoms with Crippen molar-refractivity contribution in [1.82, 2.24) is 5.32 Å². The molecule has 1 N–H and O–H groups in total. The summed E-state index contributed by atoms with van der Waals surface area (Å²) in [5, 5.41) is 12.3. The summed E-state index contributed by atoms with van der Waals surface area (Å²) >= 11 is 0. The molecular weight excluding hydrogens is 228 g/mol. The van der Waals surface area contributed by atoms with Gasteiger partial charge in [0.2, 0.25) is 0 Å². The molecule has 18 heavy (non-hydrogen) atoms. The molecule has 0 spiro atoms. The van der Waals surface area contributed by atoms with Crippen LogP contribution in [0.1, 0.15) is 19.4 Å². The molecule has 1 aromatic carbocycles. The number of ether oxygens (including phenoxy) is 1. The highest BCUT2D eigenvalue weighted by atomic mass is 16.5. The fourth-order valence-corrected chi connectivity index (χ4v) is 2.02. The molecule has 0 unspecified atom stereocenters. The second-order valence-corrected chi connectivity index (χ2v) is 4.78. The first-order valence-corrected chi connectivity index (χ1v) is 5.98. The molecule has 1 heterocycles. The smallest absolute Gasteiger partial charge is 0.323 e. The van der Waals surface area contributed by atoms with Crippen LogP contribution in [0.5, 0.6) is 0 Å². The molecule has 94 valence electrons. The van der Waals surface area contributed by atoms with Crippen molar-refractivity contribution < 1.29 is 9.53 Å². The van der Waals surface area contributed by atoms with Gasteiger partial charge in [-0.25, -0.2) is 0 Å². The third kappa shape index (κ3) is 2.36. The van der Waals surface area contributed by atoms with Crippen LogP contribution in [0.4, 0.5) is 0 Å². The number of rotatable bonds is 2. The highest BCUT2D eigenvalue weighted by Crippen LogP contribution is 2.21. The summed E-state index contributed by atoms with van der Waals surface area (Å²) in [6.45, 7) is 3.48. The van der Waals surface area contributed by atoms with Crippen LogP contribution in [-0.2, 0) is 16.0 Å². The SMILES string of the molecule is C[C@@H]1OC(=O)[C@H](Cc2ccccc2)N[C@@]1(C)C#N. The van der Waals surface area contributed by atoms with Gasteiger partial charge in [0, 0.05) is 0 Å². The molecule has 2 rings (SSSR count). The zero-order valence-corrected chi connectivity index (χ0v) is 10.5. The van der Waals surface area contributed by atoms with Crippen LogP contribution in [0, 0.1) is 11.3 Å². The Bertz CT molecular complexity index is 480. The second kappa shape index (κ2) is 4.79. The van der Waals surface area contributed by atoms with E-state index in [-0.39, 0.29) is 5.97 Å². The van der Waals surface area contributed by atoms with E-state index in [1.54, 1.807) is 13.8 Å². The summed E-state index contributed by atoms with van der Waals surface area (Å²) in [5.41, 5.74) is 0.217. The van der Waals surface area contributed by atoms with Crippen molar-refractivity contribution >= 4 is 5.97 Å². The summed E-state index contributed by atoms with van der Waals surface area (Å²) in [4.78, 5) is 11.8. The quantitative estimate of drug-likeness (QED) is 0.799. The Kier molecular flexibility index (Phi) is 3.35. The number of hydrogen-bond acceptors (Lipinski definition) is 4. The Morgan fingerprint density at radius 1 is 1.44 bits per heavy atom. The maximum atomic E-state index is 11.8. The summed E-state index contributed by atoms with van der Waals surface area (Å²) in [5.74, 6) is -0.293. The average molecular weight is 244 g/mol. The first-order valence-electron chi connectivity index (χ1n) is 5.98. The maximum Gasteiger partial charge on any atom is 0.323 e. The predicted molar refractivity (Wildman–Crippen MR) is 66.6 cm³/mol. The molecule has 1 saturated heterocycles. The molecule has 0 radical (unpaired) electrons. The third-order valence-corrected chi connectivity index (χ3v) is 3.38. The minimum absolute atomic E-state index is 0.293. The number of nitriles is 1. The number of carbonyl (C=O) groups is 1. The molecule has 4 heteroatoms. The second-order valence-electron chi connectivity index (χ2n) is 4.78. The van der Waals surface area contributed by atoms with Gasteiger partial charge in [-0.2, -0.15) is 5.26 Å². The molecule has 0 aromatic heterocycles. The van der Waals surface area contributed by atoms with E-state index in [0.29, 0.717) is 6.42 Å². The summed E-state index contributed by atoms with van der Waals surface area (Å²) in [6.07, 6.45) is 0.0888. The lowest BCUT2D eigenvalue weighted by Gasteiger charge is -2.38. The number of carbonyl (C=O) groups excluding carboxylic acids is 1. The molecule has 1 aliphatic heterocycles. The van der Waals surface area contributed by atoms with E-state index in [2.05, 4.69) is 11.4 Å². The van der Waals surface area contributed by atoms with Gasteiger partial charge >= 0.3 is 5.97 Å². The number of cyclic esters (lactones) is 1. The highest BCUT2D eigenvalue weighted by Gasteiger charge is 2.43. The number of esters is 1. The van der Waals surface area contributed by atoms with Gasteiger partial charge in [-0.15, -0.1) is 0 Å². The number of morpholine rings is 1. The van der Waals surface area contributed by atoms with E-state index in [4.69, 9.17) is 4.74 Å². The Hall–Kier alpha value is -1.86. The lowest BCUT2D eigenvalue weighted by atomic mass is 9.92. The van der Waals surface area contributed by atoms with Crippen LogP contribution in [0.3, 0.4) is 0 Å². The third-order valence-electron chi connectivity index (χ3n) is 3.38. The predicted octanol–water partition coefficient (Wildman–Crippen LogP) is 1.41. The number of benzene rings is 1. The van der Waals surface area contributed by atoms with Crippen molar-refractivity contribution in [2.45, 2.75) is 38.0 Å². The van der Waals surface area contributed by atoms with Crippen LogP contribution in [-0.4, -0.2) is 23.7 Å². The molecule has 1 aromatic rings. The van der Waals surface area contributed by atoms with Crippen molar-refractivity contribution in [3.05, 3.63) is 35.9 Å². The molecule has 0 bridgehead atoms. The van der Waals surface area contributed by atoms with Gasteiger partial charge in [0.05, 0.1) is 6.07 Å². The standard InChI is InChI=1S/C14H16N2O2/c1-10-14(2,9-15)16-12(13(17)18-10)8-11-6-4-3-5-7-11/h3-7,10,12,16H,8H2,1-2H3/t10-,12-,14-/m0/s1. The lowest BCUT2D eigenvalue weighted by Crippen LogP contribution is -2.63. The Morgan fingerprint density at radius 2 is 2.11 bits per heavy atom. The molecule has 0 saturated carbocycles. The van der Waals surface area contributed by atoms with E-state index >= 15 is 0 Å². The van der Waals surface area contributed by atoms with Crippen LogP contribution in [0.15, 0.2) is 30.3 Å². The van der Waals surface area contributed by atoms with Crippen molar-refractivity contribution in [3.8, 4) is 6.07 Å². The van der Waals surface area contributed by atoms with E-state index in [1.165, 1.54) is 0 Å². The highest BCUT2D eigenvalue weighted by molar-refractivity contribution is 5.77. The fourth-order valence-electron chi connectivity index (χ4n) is 2.02. The zero-order chi connectivity index (χ0) is 13.2. The molecule has 0 aliphatic carbocycles. The first kappa shape index (κ1) is 12.6. The molecule has 0 amide bonds. The molecule has 1 aliphatic rings. The number of nitrogens with zero attached hydrogens (tertiary/aromatic N) is 1. The van der Waals surface area contributed by atoms with Crippen molar-refractivity contribution in [2.24, 2.45) is 0 Å². The van der Waals surface area contributed by atoms with E-state index < -0.39 is 17.7 Å². The van der Waals surface area contributed by atoms with Crippen molar-refractivity contribution in [3.63, 3.8) is 0 Å². The average Bonchev–Trinajstić information content (AvgIpc) is 2.37. The lowest BCUT2D eigenvalue weighted by molar-refractivity contribution is -0.161. The van der Waals surface area contributed by atoms with Gasteiger partial charge in [0.1, 0.15) is 17.7 Å². The minimum Gasteiger partial charge on any atom is -0.458 e. The van der Waals surface area contributed by atoms with E-state index in [1.807, 2.05) is 30.3 Å². The Morgan fingerprint density at radius 3 is 2.72 bits per heavy atom. The number of hydrogen-bond donors (Lipinski definition) is 1. The van der Waals surface area contributed by atoms with Crippen LogP contribution in [0.2, 0.25) is 0 Å². The molecule has 3 atom stereocenters.